The highest BCUT2D eigenvalue weighted by Gasteiger charge is 2.36. The number of rotatable bonds is 11. The molecule has 154 valence electrons. The summed E-state index contributed by atoms with van der Waals surface area (Å²) in [4.78, 5) is 11.8. The molecule has 0 rings (SSSR count). The molecule has 0 atom stereocenters. The van der Waals surface area contributed by atoms with Gasteiger partial charge in [0.1, 0.15) is 5.60 Å². The summed E-state index contributed by atoms with van der Waals surface area (Å²) in [6.45, 7) is 25.8. The molecule has 0 aliphatic heterocycles. The van der Waals surface area contributed by atoms with Crippen molar-refractivity contribution in [3.8, 4) is 0 Å². The lowest BCUT2D eigenvalue weighted by Gasteiger charge is -2.43. The number of esters is 1. The third kappa shape index (κ3) is 9.75. The molecule has 0 N–H and O–H groups in total. The molecule has 0 unspecified atom stereocenters. The van der Waals surface area contributed by atoms with Gasteiger partial charge in [-0.05, 0) is 84.5 Å². The molecule has 0 spiro atoms. The van der Waals surface area contributed by atoms with E-state index < -0.39 is 5.60 Å². The van der Waals surface area contributed by atoms with E-state index >= 15 is 0 Å². The minimum absolute atomic E-state index is 0.0630. The predicted octanol–water partition coefficient (Wildman–Crippen LogP) is 6.70. The highest BCUT2D eigenvalue weighted by Crippen LogP contribution is 2.46. The van der Waals surface area contributed by atoms with Crippen LogP contribution < -0.4 is 0 Å². The average Bonchev–Trinajstić information content (AvgIpc) is 2.41. The van der Waals surface area contributed by atoms with Crippen LogP contribution in [0.3, 0.4) is 0 Å². The molecule has 0 aromatic heterocycles. The molecule has 3 nitrogen and oxygen atoms in total. The van der Waals surface area contributed by atoms with Crippen molar-refractivity contribution in [2.75, 3.05) is 6.61 Å². The molecule has 0 aromatic rings. The van der Waals surface area contributed by atoms with E-state index in [4.69, 9.17) is 9.47 Å². The van der Waals surface area contributed by atoms with Crippen LogP contribution in [-0.4, -0.2) is 23.8 Å². The number of ether oxygens (including phenoxy) is 2. The largest absolute Gasteiger partial charge is 0.456 e. The van der Waals surface area contributed by atoms with Gasteiger partial charge in [-0.25, -0.2) is 4.79 Å². The van der Waals surface area contributed by atoms with Gasteiger partial charge < -0.3 is 9.47 Å². The van der Waals surface area contributed by atoms with Crippen molar-refractivity contribution in [3.05, 3.63) is 12.2 Å². The number of hydrogen-bond acceptors (Lipinski definition) is 3. The molecule has 0 fully saturated rings. The Hall–Kier alpha value is -0.830. The van der Waals surface area contributed by atoms with Gasteiger partial charge in [0.15, 0.2) is 0 Å². The minimum Gasteiger partial charge on any atom is -0.456 e. The lowest BCUT2D eigenvalue weighted by Crippen LogP contribution is -2.34. The van der Waals surface area contributed by atoms with Gasteiger partial charge in [-0.2, -0.15) is 0 Å². The normalized spacial score (nSPS) is 13.6. The quantitative estimate of drug-likeness (QED) is 0.231. The second-order valence-corrected chi connectivity index (χ2v) is 10.6. The summed E-state index contributed by atoms with van der Waals surface area (Å²) in [5.74, 6) is -0.298. The van der Waals surface area contributed by atoms with E-state index in [2.05, 4.69) is 55.0 Å². The van der Waals surface area contributed by atoms with Crippen LogP contribution in [0.15, 0.2) is 12.2 Å². The Morgan fingerprint density at radius 1 is 0.808 bits per heavy atom. The fourth-order valence-corrected chi connectivity index (χ4v) is 2.91. The molecule has 26 heavy (non-hydrogen) atoms. The molecule has 0 aromatic carbocycles. The van der Waals surface area contributed by atoms with Crippen LogP contribution in [0.2, 0.25) is 0 Å². The van der Waals surface area contributed by atoms with Crippen molar-refractivity contribution in [1.29, 1.82) is 0 Å². The van der Waals surface area contributed by atoms with Gasteiger partial charge in [0.25, 0.3) is 0 Å². The van der Waals surface area contributed by atoms with Crippen LogP contribution in [0.25, 0.3) is 0 Å². The maximum Gasteiger partial charge on any atom is 0.333 e. The van der Waals surface area contributed by atoms with E-state index in [0.29, 0.717) is 5.57 Å². The van der Waals surface area contributed by atoms with E-state index in [1.165, 1.54) is 0 Å². The molecule has 0 saturated heterocycles. The molecule has 0 aliphatic carbocycles. The molecular weight excluding hydrogens is 324 g/mol. The molecule has 0 heterocycles. The van der Waals surface area contributed by atoms with Crippen molar-refractivity contribution >= 4 is 5.97 Å². The van der Waals surface area contributed by atoms with Crippen LogP contribution in [0.4, 0.5) is 0 Å². The third-order valence-electron chi connectivity index (χ3n) is 5.61. The predicted molar refractivity (Wildman–Crippen MR) is 111 cm³/mol. The summed E-state index contributed by atoms with van der Waals surface area (Å²) >= 11 is 0. The fourth-order valence-electron chi connectivity index (χ4n) is 2.91. The summed E-state index contributed by atoms with van der Waals surface area (Å²) < 4.78 is 11.4. The molecule has 0 amide bonds. The first-order chi connectivity index (χ1) is 11.5. The highest BCUT2D eigenvalue weighted by atomic mass is 16.6. The number of carbonyl (C=O) groups excluding carboxylic acids is 1. The first-order valence-corrected chi connectivity index (χ1v) is 10.0. The Morgan fingerprint density at radius 2 is 1.27 bits per heavy atom. The Labute approximate surface area is 162 Å². The van der Waals surface area contributed by atoms with Crippen LogP contribution in [-0.2, 0) is 14.3 Å². The van der Waals surface area contributed by atoms with Gasteiger partial charge in [-0.15, -0.1) is 0 Å². The second-order valence-electron chi connectivity index (χ2n) is 10.6. The maximum atomic E-state index is 11.8. The van der Waals surface area contributed by atoms with E-state index in [9.17, 15) is 4.79 Å². The van der Waals surface area contributed by atoms with Gasteiger partial charge in [0.2, 0.25) is 0 Å². The smallest absolute Gasteiger partial charge is 0.333 e. The van der Waals surface area contributed by atoms with Crippen molar-refractivity contribution in [2.45, 2.75) is 113 Å². The second kappa shape index (κ2) is 9.39. The summed E-state index contributed by atoms with van der Waals surface area (Å²) in [7, 11) is 0. The zero-order chi connectivity index (χ0) is 20.8. The van der Waals surface area contributed by atoms with Crippen LogP contribution >= 0.6 is 0 Å². The van der Waals surface area contributed by atoms with Gasteiger partial charge >= 0.3 is 5.97 Å². The zero-order valence-corrected chi connectivity index (χ0v) is 19.2. The average molecular weight is 369 g/mol. The lowest BCUT2D eigenvalue weighted by molar-refractivity contribution is -0.152. The van der Waals surface area contributed by atoms with Crippen molar-refractivity contribution in [3.63, 3.8) is 0 Å². The maximum absolute atomic E-state index is 11.8. The summed E-state index contributed by atoms with van der Waals surface area (Å²) in [5.41, 5.74) is 0.385. The molecule has 0 bridgehead atoms. The first-order valence-electron chi connectivity index (χ1n) is 10.0. The van der Waals surface area contributed by atoms with Gasteiger partial charge in [-0.3, -0.25) is 0 Å². The zero-order valence-electron chi connectivity index (χ0n) is 19.2. The monoisotopic (exact) mass is 368 g/mol. The molecule has 0 saturated carbocycles. The van der Waals surface area contributed by atoms with E-state index in [1.54, 1.807) is 6.92 Å². The highest BCUT2D eigenvalue weighted by molar-refractivity contribution is 5.87. The van der Waals surface area contributed by atoms with Crippen LogP contribution in [0, 0.1) is 10.8 Å². The van der Waals surface area contributed by atoms with E-state index in [1.807, 2.05) is 13.8 Å². The summed E-state index contributed by atoms with van der Waals surface area (Å²) in [5, 5.41) is 0. The minimum atomic E-state index is -0.448. The summed E-state index contributed by atoms with van der Waals surface area (Å²) in [6, 6.07) is 0. The van der Waals surface area contributed by atoms with Gasteiger partial charge in [0, 0.05) is 12.2 Å². The Morgan fingerprint density at radius 3 is 1.69 bits per heavy atom. The molecule has 0 radical (unpaired) electrons. The topological polar surface area (TPSA) is 35.5 Å². The van der Waals surface area contributed by atoms with Crippen LogP contribution in [0.1, 0.15) is 101 Å². The Kier molecular flexibility index (Phi) is 9.09. The standard InChI is InChI=1S/C23H44O3/c1-18(2)19(24)26-23(10,11)16-12-14-21(6,7)22(8,9)15-13-17-25-20(3,4)5/h1,12-17H2,2-11H3. The Bertz CT molecular complexity index is 464. The fraction of sp³-hybridized carbons (Fsp3) is 0.870. The molecule has 3 heteroatoms. The third-order valence-corrected chi connectivity index (χ3v) is 5.61. The number of hydrogen-bond donors (Lipinski definition) is 0. The number of carbonyl (C=O) groups is 1. The molecular formula is C23H44O3. The lowest BCUT2D eigenvalue weighted by atomic mass is 9.63. The van der Waals surface area contributed by atoms with Crippen molar-refractivity contribution in [1.82, 2.24) is 0 Å². The van der Waals surface area contributed by atoms with E-state index in [-0.39, 0.29) is 22.4 Å². The van der Waals surface area contributed by atoms with E-state index in [0.717, 1.165) is 38.7 Å². The van der Waals surface area contributed by atoms with Gasteiger partial charge in [0.05, 0.1) is 5.60 Å². The Balaban J connectivity index is 4.48. The van der Waals surface area contributed by atoms with Crippen LogP contribution in [0.5, 0.6) is 0 Å². The van der Waals surface area contributed by atoms with Crippen molar-refractivity contribution in [2.24, 2.45) is 10.8 Å². The van der Waals surface area contributed by atoms with Crippen molar-refractivity contribution < 1.29 is 14.3 Å². The first kappa shape index (κ1) is 25.2. The molecule has 0 aliphatic rings. The SMILES string of the molecule is C=C(C)C(=O)OC(C)(C)CCCC(C)(C)C(C)(C)CCCOC(C)(C)C. The van der Waals surface area contributed by atoms with Gasteiger partial charge in [-0.1, -0.05) is 34.3 Å². The summed E-state index contributed by atoms with van der Waals surface area (Å²) in [6.07, 6.45) is 5.22.